The topological polar surface area (TPSA) is 192 Å². The molecule has 11 N–H and O–H groups in total. The Labute approximate surface area is 180 Å². The number of aliphatic hydroxyl groups excluding tert-OH is 1. The highest BCUT2D eigenvalue weighted by Gasteiger charge is 2.12. The van der Waals surface area contributed by atoms with Crippen LogP contribution in [-0.4, -0.2) is 43.2 Å². The van der Waals surface area contributed by atoms with Crippen LogP contribution in [0.2, 0.25) is 0 Å². The number of amides is 2. The van der Waals surface area contributed by atoms with E-state index in [-0.39, 0.29) is 18.8 Å². The average Bonchev–Trinajstić information content (AvgIpc) is 2.72. The van der Waals surface area contributed by atoms with E-state index in [0.29, 0.717) is 53.6 Å². The van der Waals surface area contributed by atoms with Crippen molar-refractivity contribution in [1.29, 1.82) is 0 Å². The fraction of sp³-hybridized carbons (Fsp3) is 0.238. The molecule has 2 amide bonds. The summed E-state index contributed by atoms with van der Waals surface area (Å²) < 4.78 is 5.63. The van der Waals surface area contributed by atoms with Gasteiger partial charge in [0.05, 0.1) is 23.7 Å². The van der Waals surface area contributed by atoms with Gasteiger partial charge in [0.2, 0.25) is 11.8 Å². The molecule has 0 aromatic heterocycles. The molecule has 0 spiro atoms. The van der Waals surface area contributed by atoms with Crippen LogP contribution in [0.5, 0.6) is 5.75 Å². The summed E-state index contributed by atoms with van der Waals surface area (Å²) in [6.45, 7) is 1.19. The summed E-state index contributed by atoms with van der Waals surface area (Å²) in [5, 5.41) is 15.2. The number of primary amides is 2. The van der Waals surface area contributed by atoms with Crippen molar-refractivity contribution in [3.63, 3.8) is 0 Å². The molecule has 0 heterocycles. The Kier molecular flexibility index (Phi) is 8.52. The molecule has 10 nitrogen and oxygen atoms in total. The summed E-state index contributed by atoms with van der Waals surface area (Å²) in [6.07, 6.45) is 4.20. The highest BCUT2D eigenvalue weighted by atomic mass is 16.5. The van der Waals surface area contributed by atoms with E-state index >= 15 is 0 Å². The largest absolute Gasteiger partial charge is 0.491 e. The van der Waals surface area contributed by atoms with Crippen molar-refractivity contribution in [1.82, 2.24) is 0 Å². The first-order valence-electron chi connectivity index (χ1n) is 9.62. The maximum atomic E-state index is 11.5. The lowest BCUT2D eigenvalue weighted by Gasteiger charge is -2.16. The lowest BCUT2D eigenvalue weighted by Crippen LogP contribution is -2.14. The molecular weight excluding hydrogens is 400 g/mol. The summed E-state index contributed by atoms with van der Waals surface area (Å²) in [5.74, 6) is -0.762. The Morgan fingerprint density at radius 3 is 2.19 bits per heavy atom. The molecule has 2 aromatic carbocycles. The SMILES string of the molecule is NC(=O)c1ccc(NCC=CCNc2c(N)cc(C(N)=O)cc2OCCCO)c(N)c1. The lowest BCUT2D eigenvalue weighted by molar-refractivity contribution is 0.0991. The van der Waals surface area contributed by atoms with Gasteiger partial charge in [-0.25, -0.2) is 0 Å². The second-order valence-electron chi connectivity index (χ2n) is 6.63. The monoisotopic (exact) mass is 428 g/mol. The van der Waals surface area contributed by atoms with Crippen LogP contribution in [0.4, 0.5) is 22.7 Å². The van der Waals surface area contributed by atoms with Crippen LogP contribution in [0.3, 0.4) is 0 Å². The Hall–Kier alpha value is -3.92. The minimum atomic E-state index is -0.612. The minimum absolute atomic E-state index is 0.0146. The van der Waals surface area contributed by atoms with E-state index in [1.165, 1.54) is 18.2 Å². The number of benzene rings is 2. The molecule has 0 radical (unpaired) electrons. The molecule has 0 aliphatic carbocycles. The molecule has 0 fully saturated rings. The second kappa shape index (κ2) is 11.3. The fourth-order valence-corrected chi connectivity index (χ4v) is 2.70. The van der Waals surface area contributed by atoms with E-state index in [4.69, 9.17) is 32.8 Å². The third-order valence-corrected chi connectivity index (χ3v) is 4.29. The number of carbonyl (C=O) groups is 2. The molecule has 0 aliphatic rings. The molecule has 166 valence electrons. The Morgan fingerprint density at radius 2 is 1.58 bits per heavy atom. The average molecular weight is 428 g/mol. The third kappa shape index (κ3) is 6.82. The predicted octanol–water partition coefficient (Wildman–Crippen LogP) is 0.890. The molecule has 0 atom stereocenters. The van der Waals surface area contributed by atoms with E-state index < -0.39 is 11.8 Å². The van der Waals surface area contributed by atoms with Gasteiger partial charge in [0.25, 0.3) is 0 Å². The number of nitrogens with one attached hydrogen (secondary N) is 2. The quantitative estimate of drug-likeness (QED) is 0.147. The van der Waals surface area contributed by atoms with Crippen LogP contribution in [0.15, 0.2) is 42.5 Å². The molecule has 10 heteroatoms. The summed E-state index contributed by atoms with van der Waals surface area (Å²) in [4.78, 5) is 22.6. The van der Waals surface area contributed by atoms with Crippen molar-refractivity contribution in [3.8, 4) is 5.75 Å². The van der Waals surface area contributed by atoms with Crippen LogP contribution in [-0.2, 0) is 0 Å². The number of anilines is 4. The first-order valence-corrected chi connectivity index (χ1v) is 9.62. The number of nitrogens with two attached hydrogens (primary N) is 4. The van der Waals surface area contributed by atoms with Crippen LogP contribution in [0, 0.1) is 0 Å². The van der Waals surface area contributed by atoms with E-state index in [1.807, 2.05) is 12.2 Å². The van der Waals surface area contributed by atoms with Gasteiger partial charge in [-0.3, -0.25) is 9.59 Å². The number of nitrogen functional groups attached to an aromatic ring is 2. The number of hydrogen-bond acceptors (Lipinski definition) is 8. The zero-order valence-electron chi connectivity index (χ0n) is 17.1. The van der Waals surface area contributed by atoms with Crippen molar-refractivity contribution < 1.29 is 19.4 Å². The third-order valence-electron chi connectivity index (χ3n) is 4.29. The van der Waals surface area contributed by atoms with Crippen molar-refractivity contribution in [2.45, 2.75) is 6.42 Å². The summed E-state index contributed by atoms with van der Waals surface area (Å²) in [6, 6.07) is 7.81. The number of hydrogen-bond donors (Lipinski definition) is 7. The molecule has 31 heavy (non-hydrogen) atoms. The van der Waals surface area contributed by atoms with Crippen molar-refractivity contribution in [3.05, 3.63) is 53.6 Å². The number of ether oxygens (including phenoxy) is 1. The molecular formula is C21H28N6O4. The highest BCUT2D eigenvalue weighted by Crippen LogP contribution is 2.32. The van der Waals surface area contributed by atoms with Gasteiger partial charge in [0, 0.05) is 37.2 Å². The normalized spacial score (nSPS) is 10.7. The van der Waals surface area contributed by atoms with Gasteiger partial charge in [-0.1, -0.05) is 12.2 Å². The number of rotatable bonds is 12. The van der Waals surface area contributed by atoms with E-state index in [0.717, 1.165) is 0 Å². The van der Waals surface area contributed by atoms with Gasteiger partial charge in [0.15, 0.2) is 0 Å². The second-order valence-corrected chi connectivity index (χ2v) is 6.63. The van der Waals surface area contributed by atoms with Crippen LogP contribution in [0.25, 0.3) is 0 Å². The number of aliphatic hydroxyl groups is 1. The fourth-order valence-electron chi connectivity index (χ4n) is 2.70. The Bertz CT molecular complexity index is 961. The zero-order valence-corrected chi connectivity index (χ0v) is 17.1. The molecule has 2 rings (SSSR count). The van der Waals surface area contributed by atoms with Gasteiger partial charge >= 0.3 is 0 Å². The highest BCUT2D eigenvalue weighted by molar-refractivity contribution is 5.96. The first-order chi connectivity index (χ1) is 14.8. The molecule has 0 bridgehead atoms. The van der Waals surface area contributed by atoms with Gasteiger partial charge in [0.1, 0.15) is 11.4 Å². The van der Waals surface area contributed by atoms with Gasteiger partial charge < -0.3 is 43.4 Å². The van der Waals surface area contributed by atoms with Gasteiger partial charge in [-0.05, 0) is 30.3 Å². The van der Waals surface area contributed by atoms with Crippen LogP contribution in [0.1, 0.15) is 27.1 Å². The Balaban J connectivity index is 1.95. The smallest absolute Gasteiger partial charge is 0.248 e. The standard InChI is InChI=1S/C21H28N6O4/c22-15-10-13(20(24)29)4-5-17(15)26-6-1-2-7-27-19-16(23)11-14(21(25)30)12-18(19)31-9-3-8-28/h1-2,4-5,10-12,26-28H,3,6-9,22-23H2,(H2,24,29)(H2,25,30). The van der Waals surface area contributed by atoms with E-state index in [9.17, 15) is 9.59 Å². The summed E-state index contributed by atoms with van der Waals surface area (Å²) in [7, 11) is 0. The van der Waals surface area contributed by atoms with Crippen molar-refractivity contribution >= 4 is 34.6 Å². The van der Waals surface area contributed by atoms with E-state index in [1.54, 1.807) is 12.1 Å². The molecule has 0 saturated carbocycles. The van der Waals surface area contributed by atoms with E-state index in [2.05, 4.69) is 10.6 Å². The lowest BCUT2D eigenvalue weighted by atomic mass is 10.1. The summed E-state index contributed by atoms with van der Waals surface area (Å²) in [5.41, 5.74) is 25.1. The first kappa shape index (κ1) is 23.4. The van der Waals surface area contributed by atoms with Gasteiger partial charge in [-0.15, -0.1) is 0 Å². The molecule has 0 saturated heterocycles. The Morgan fingerprint density at radius 1 is 0.935 bits per heavy atom. The maximum Gasteiger partial charge on any atom is 0.248 e. The maximum absolute atomic E-state index is 11.5. The van der Waals surface area contributed by atoms with Gasteiger partial charge in [-0.2, -0.15) is 0 Å². The molecule has 2 aromatic rings. The van der Waals surface area contributed by atoms with Crippen LogP contribution >= 0.6 is 0 Å². The van der Waals surface area contributed by atoms with Crippen molar-refractivity contribution in [2.24, 2.45) is 11.5 Å². The van der Waals surface area contributed by atoms with Crippen LogP contribution < -0.4 is 38.3 Å². The predicted molar refractivity (Wildman–Crippen MR) is 122 cm³/mol. The zero-order chi connectivity index (χ0) is 22.8. The summed E-state index contributed by atoms with van der Waals surface area (Å²) >= 11 is 0. The molecule has 0 unspecified atom stereocenters. The molecule has 0 aliphatic heterocycles. The number of carbonyl (C=O) groups excluding carboxylic acids is 2. The minimum Gasteiger partial charge on any atom is -0.491 e. The van der Waals surface area contributed by atoms with Crippen molar-refractivity contribution in [2.75, 3.05) is 48.4 Å².